The number of rotatable bonds is 7. The average Bonchev–Trinajstić information content (AvgIpc) is 2.60. The van der Waals surface area contributed by atoms with Crippen LogP contribution >= 0.6 is 0 Å². The summed E-state index contributed by atoms with van der Waals surface area (Å²) >= 11 is 0. The maximum Gasteiger partial charge on any atom is 0.220 e. The molecule has 2 rings (SSSR count). The highest BCUT2D eigenvalue weighted by Gasteiger charge is 2.15. The molecule has 4 nitrogen and oxygen atoms in total. The van der Waals surface area contributed by atoms with Gasteiger partial charge in [-0.1, -0.05) is 30.3 Å². The molecule has 0 aliphatic heterocycles. The highest BCUT2D eigenvalue weighted by molar-refractivity contribution is 5.76. The lowest BCUT2D eigenvalue weighted by Gasteiger charge is -2.18. The first kappa shape index (κ1) is 16.9. The number of carbonyl (C=O) groups is 1. The van der Waals surface area contributed by atoms with Crippen LogP contribution in [-0.4, -0.2) is 20.1 Å². The average molecular weight is 313 g/mol. The molecule has 0 radical (unpaired) electrons. The SMILES string of the molecule is COc1ccc(OC)c(C(C)NC(=O)CCc2ccccc2)c1. The van der Waals surface area contributed by atoms with Crippen molar-refractivity contribution in [1.82, 2.24) is 5.32 Å². The molecule has 0 bridgehead atoms. The highest BCUT2D eigenvalue weighted by atomic mass is 16.5. The fraction of sp³-hybridized carbons (Fsp3) is 0.316. The summed E-state index contributed by atoms with van der Waals surface area (Å²) < 4.78 is 10.6. The van der Waals surface area contributed by atoms with Crippen molar-refractivity contribution in [3.05, 3.63) is 59.7 Å². The van der Waals surface area contributed by atoms with Crippen molar-refractivity contribution >= 4 is 5.91 Å². The fourth-order valence-corrected chi connectivity index (χ4v) is 2.47. The molecule has 1 atom stereocenters. The summed E-state index contributed by atoms with van der Waals surface area (Å²) in [5, 5.41) is 3.02. The van der Waals surface area contributed by atoms with Gasteiger partial charge in [0.2, 0.25) is 5.91 Å². The zero-order chi connectivity index (χ0) is 16.7. The number of benzene rings is 2. The molecule has 4 heteroatoms. The summed E-state index contributed by atoms with van der Waals surface area (Å²) in [5.41, 5.74) is 2.06. The number of amides is 1. The Morgan fingerprint density at radius 3 is 2.48 bits per heavy atom. The molecule has 0 spiro atoms. The molecule has 0 heterocycles. The van der Waals surface area contributed by atoms with Gasteiger partial charge in [-0.15, -0.1) is 0 Å². The van der Waals surface area contributed by atoms with Gasteiger partial charge in [0, 0.05) is 12.0 Å². The first-order valence-electron chi connectivity index (χ1n) is 7.69. The predicted molar refractivity (Wildman–Crippen MR) is 90.9 cm³/mol. The molecule has 1 amide bonds. The third-order valence-corrected chi connectivity index (χ3v) is 3.76. The minimum absolute atomic E-state index is 0.0197. The standard InChI is InChI=1S/C19H23NO3/c1-14(17-13-16(22-2)10-11-18(17)23-3)20-19(21)12-9-15-7-5-4-6-8-15/h4-8,10-11,13-14H,9,12H2,1-3H3,(H,20,21). The van der Waals surface area contributed by atoms with Gasteiger partial charge in [-0.25, -0.2) is 0 Å². The smallest absolute Gasteiger partial charge is 0.220 e. The summed E-state index contributed by atoms with van der Waals surface area (Å²) in [6, 6.07) is 15.4. The van der Waals surface area contributed by atoms with Crippen LogP contribution < -0.4 is 14.8 Å². The molecule has 0 saturated carbocycles. The molecular formula is C19H23NO3. The monoisotopic (exact) mass is 313 g/mol. The maximum atomic E-state index is 12.2. The van der Waals surface area contributed by atoms with Crippen LogP contribution in [0.5, 0.6) is 11.5 Å². The molecule has 0 aromatic heterocycles. The van der Waals surface area contributed by atoms with E-state index >= 15 is 0 Å². The van der Waals surface area contributed by atoms with Crippen LogP contribution in [-0.2, 0) is 11.2 Å². The Morgan fingerprint density at radius 2 is 1.83 bits per heavy atom. The number of carbonyl (C=O) groups excluding carboxylic acids is 1. The van der Waals surface area contributed by atoms with Gasteiger partial charge in [-0.05, 0) is 37.1 Å². The van der Waals surface area contributed by atoms with E-state index in [0.717, 1.165) is 29.0 Å². The third-order valence-electron chi connectivity index (χ3n) is 3.76. The Hall–Kier alpha value is -2.49. The maximum absolute atomic E-state index is 12.2. The zero-order valence-electron chi connectivity index (χ0n) is 13.8. The van der Waals surface area contributed by atoms with Crippen molar-refractivity contribution in [3.8, 4) is 11.5 Å². The number of ether oxygens (including phenoxy) is 2. The van der Waals surface area contributed by atoms with E-state index in [1.165, 1.54) is 0 Å². The summed E-state index contributed by atoms with van der Waals surface area (Å²) in [6.45, 7) is 1.94. The second-order valence-electron chi connectivity index (χ2n) is 5.38. The Kier molecular flexibility index (Phi) is 6.03. The van der Waals surface area contributed by atoms with E-state index in [0.29, 0.717) is 6.42 Å². The number of nitrogens with one attached hydrogen (secondary N) is 1. The molecule has 2 aromatic rings. The lowest BCUT2D eigenvalue weighted by molar-refractivity contribution is -0.121. The number of hydrogen-bond acceptors (Lipinski definition) is 3. The molecule has 2 aromatic carbocycles. The molecule has 0 aliphatic carbocycles. The van der Waals surface area contributed by atoms with E-state index in [2.05, 4.69) is 5.32 Å². The molecule has 23 heavy (non-hydrogen) atoms. The van der Waals surface area contributed by atoms with Crippen molar-refractivity contribution in [2.45, 2.75) is 25.8 Å². The quantitative estimate of drug-likeness (QED) is 0.851. The summed E-state index contributed by atoms with van der Waals surface area (Å²) in [7, 11) is 3.24. The van der Waals surface area contributed by atoms with Crippen molar-refractivity contribution in [2.75, 3.05) is 14.2 Å². The second kappa shape index (κ2) is 8.22. The molecular weight excluding hydrogens is 290 g/mol. The zero-order valence-corrected chi connectivity index (χ0v) is 13.8. The lowest BCUT2D eigenvalue weighted by atomic mass is 10.1. The number of aryl methyl sites for hydroxylation is 1. The van der Waals surface area contributed by atoms with Gasteiger partial charge in [0.1, 0.15) is 11.5 Å². The molecule has 0 aliphatic rings. The van der Waals surface area contributed by atoms with E-state index in [1.54, 1.807) is 14.2 Å². The Morgan fingerprint density at radius 1 is 1.09 bits per heavy atom. The van der Waals surface area contributed by atoms with Gasteiger partial charge >= 0.3 is 0 Å². The predicted octanol–water partition coefficient (Wildman–Crippen LogP) is 3.51. The Balaban J connectivity index is 1.98. The van der Waals surface area contributed by atoms with Crippen molar-refractivity contribution < 1.29 is 14.3 Å². The van der Waals surface area contributed by atoms with E-state index < -0.39 is 0 Å². The van der Waals surface area contributed by atoms with Crippen LogP contribution in [0.1, 0.15) is 30.5 Å². The van der Waals surface area contributed by atoms with Crippen LogP contribution in [0.25, 0.3) is 0 Å². The van der Waals surface area contributed by atoms with Crippen molar-refractivity contribution in [3.63, 3.8) is 0 Å². The topological polar surface area (TPSA) is 47.6 Å². The van der Waals surface area contributed by atoms with Crippen LogP contribution in [0.2, 0.25) is 0 Å². The van der Waals surface area contributed by atoms with E-state index in [9.17, 15) is 4.79 Å². The Bertz CT molecular complexity index is 640. The normalized spacial score (nSPS) is 11.6. The third kappa shape index (κ3) is 4.74. The van der Waals surface area contributed by atoms with Crippen molar-refractivity contribution in [2.24, 2.45) is 0 Å². The summed E-state index contributed by atoms with van der Waals surface area (Å²) in [5.74, 6) is 1.50. The van der Waals surface area contributed by atoms with Gasteiger partial charge in [0.25, 0.3) is 0 Å². The largest absolute Gasteiger partial charge is 0.497 e. The molecule has 122 valence electrons. The minimum Gasteiger partial charge on any atom is -0.497 e. The minimum atomic E-state index is -0.150. The van der Waals surface area contributed by atoms with Gasteiger partial charge in [-0.3, -0.25) is 4.79 Å². The first-order valence-corrected chi connectivity index (χ1v) is 7.69. The van der Waals surface area contributed by atoms with Gasteiger partial charge in [0.05, 0.1) is 20.3 Å². The highest BCUT2D eigenvalue weighted by Crippen LogP contribution is 2.29. The lowest BCUT2D eigenvalue weighted by Crippen LogP contribution is -2.27. The fourth-order valence-electron chi connectivity index (χ4n) is 2.47. The van der Waals surface area contributed by atoms with E-state index in [4.69, 9.17) is 9.47 Å². The van der Waals surface area contributed by atoms with Gasteiger partial charge in [0.15, 0.2) is 0 Å². The number of hydrogen-bond donors (Lipinski definition) is 1. The summed E-state index contributed by atoms with van der Waals surface area (Å²) in [4.78, 5) is 12.2. The van der Waals surface area contributed by atoms with Crippen LogP contribution in [0.15, 0.2) is 48.5 Å². The molecule has 0 saturated heterocycles. The van der Waals surface area contributed by atoms with E-state index in [-0.39, 0.29) is 11.9 Å². The molecule has 1 N–H and O–H groups in total. The molecule has 1 unspecified atom stereocenters. The van der Waals surface area contributed by atoms with E-state index in [1.807, 2.05) is 55.5 Å². The number of methoxy groups -OCH3 is 2. The second-order valence-corrected chi connectivity index (χ2v) is 5.38. The molecule has 0 fully saturated rings. The Labute approximate surface area is 137 Å². The van der Waals surface area contributed by atoms with Crippen LogP contribution in [0.3, 0.4) is 0 Å². The first-order chi connectivity index (χ1) is 11.1. The van der Waals surface area contributed by atoms with Crippen molar-refractivity contribution in [1.29, 1.82) is 0 Å². The summed E-state index contributed by atoms with van der Waals surface area (Å²) in [6.07, 6.45) is 1.19. The van der Waals surface area contributed by atoms with Gasteiger partial charge < -0.3 is 14.8 Å². The van der Waals surface area contributed by atoms with Crippen LogP contribution in [0.4, 0.5) is 0 Å². The van der Waals surface area contributed by atoms with Gasteiger partial charge in [-0.2, -0.15) is 0 Å². The van der Waals surface area contributed by atoms with Crippen LogP contribution in [0, 0.1) is 0 Å².